The lowest BCUT2D eigenvalue weighted by molar-refractivity contribution is 0.0751. The fourth-order valence-corrected chi connectivity index (χ4v) is 4.31. The van der Waals surface area contributed by atoms with E-state index in [1.54, 1.807) is 0 Å². The molecule has 4 heterocycles. The normalized spacial score (nSPS) is 18.1. The third kappa shape index (κ3) is 4.06. The monoisotopic (exact) mass is 387 g/mol. The molecule has 8 heteroatoms. The molecular formula is C19H25N5O2S. The standard InChI is InChI=1S/C19H25N5O2S/c1-14-11-16(27-13-14)18(25)23-3-5-24(6-4-23)19-20-15(2)12-17(21-19)22-7-9-26-10-8-22/h11-13H,3-10H2,1-2H3. The molecule has 0 aliphatic carbocycles. The van der Waals surface area contributed by atoms with E-state index >= 15 is 0 Å². The topological polar surface area (TPSA) is 61.8 Å². The highest BCUT2D eigenvalue weighted by Gasteiger charge is 2.25. The number of carbonyl (C=O) groups excluding carboxylic acids is 1. The molecule has 0 aromatic carbocycles. The van der Waals surface area contributed by atoms with Crippen molar-refractivity contribution in [3.63, 3.8) is 0 Å². The van der Waals surface area contributed by atoms with Gasteiger partial charge in [-0.05, 0) is 30.9 Å². The van der Waals surface area contributed by atoms with Gasteiger partial charge in [0.2, 0.25) is 5.95 Å². The molecule has 0 atom stereocenters. The zero-order valence-electron chi connectivity index (χ0n) is 15.8. The van der Waals surface area contributed by atoms with E-state index in [1.165, 1.54) is 11.3 Å². The minimum absolute atomic E-state index is 0.131. The summed E-state index contributed by atoms with van der Waals surface area (Å²) in [6, 6.07) is 4.01. The van der Waals surface area contributed by atoms with Crippen molar-refractivity contribution >= 4 is 29.0 Å². The van der Waals surface area contributed by atoms with Crippen LogP contribution < -0.4 is 9.80 Å². The lowest BCUT2D eigenvalue weighted by atomic mass is 10.2. The maximum atomic E-state index is 12.6. The van der Waals surface area contributed by atoms with Crippen LogP contribution in [0.25, 0.3) is 0 Å². The van der Waals surface area contributed by atoms with Crippen molar-refractivity contribution in [3.05, 3.63) is 33.6 Å². The van der Waals surface area contributed by atoms with Gasteiger partial charge in [0.25, 0.3) is 5.91 Å². The van der Waals surface area contributed by atoms with Crippen LogP contribution in [0.1, 0.15) is 20.9 Å². The molecule has 0 N–H and O–H groups in total. The third-order valence-electron chi connectivity index (χ3n) is 4.96. The number of carbonyl (C=O) groups is 1. The Kier molecular flexibility index (Phi) is 5.27. The van der Waals surface area contributed by atoms with Gasteiger partial charge in [0.05, 0.1) is 18.1 Å². The number of aryl methyl sites for hydroxylation is 2. The van der Waals surface area contributed by atoms with Crippen LogP contribution in [-0.4, -0.2) is 73.3 Å². The van der Waals surface area contributed by atoms with E-state index in [9.17, 15) is 4.79 Å². The summed E-state index contributed by atoms with van der Waals surface area (Å²) >= 11 is 1.52. The van der Waals surface area contributed by atoms with Gasteiger partial charge in [0, 0.05) is 51.0 Å². The summed E-state index contributed by atoms with van der Waals surface area (Å²) in [6.07, 6.45) is 0. The summed E-state index contributed by atoms with van der Waals surface area (Å²) in [5.41, 5.74) is 2.11. The SMILES string of the molecule is Cc1csc(C(=O)N2CCN(c3nc(C)cc(N4CCOCC4)n3)CC2)c1. The predicted molar refractivity (Wildman–Crippen MR) is 107 cm³/mol. The highest BCUT2D eigenvalue weighted by atomic mass is 32.1. The molecule has 4 rings (SSSR count). The fourth-order valence-electron chi connectivity index (χ4n) is 3.44. The minimum atomic E-state index is 0.131. The van der Waals surface area contributed by atoms with E-state index in [-0.39, 0.29) is 5.91 Å². The third-order valence-corrected chi connectivity index (χ3v) is 5.99. The van der Waals surface area contributed by atoms with Crippen LogP contribution in [0.2, 0.25) is 0 Å². The molecule has 0 bridgehead atoms. The number of morpholine rings is 1. The van der Waals surface area contributed by atoms with E-state index in [0.29, 0.717) is 13.1 Å². The van der Waals surface area contributed by atoms with E-state index < -0.39 is 0 Å². The summed E-state index contributed by atoms with van der Waals surface area (Å²) in [6.45, 7) is 10.1. The van der Waals surface area contributed by atoms with E-state index in [0.717, 1.165) is 67.3 Å². The average molecular weight is 388 g/mol. The summed E-state index contributed by atoms with van der Waals surface area (Å²) in [7, 11) is 0. The Morgan fingerprint density at radius 1 is 1.00 bits per heavy atom. The number of ether oxygens (including phenoxy) is 1. The minimum Gasteiger partial charge on any atom is -0.378 e. The average Bonchev–Trinajstić information content (AvgIpc) is 3.14. The summed E-state index contributed by atoms with van der Waals surface area (Å²) < 4.78 is 5.44. The summed E-state index contributed by atoms with van der Waals surface area (Å²) in [5, 5.41) is 2.03. The van der Waals surface area contributed by atoms with E-state index in [4.69, 9.17) is 9.72 Å². The van der Waals surface area contributed by atoms with Gasteiger partial charge in [-0.1, -0.05) is 0 Å². The van der Waals surface area contributed by atoms with Crippen LogP contribution in [0.5, 0.6) is 0 Å². The summed E-state index contributed by atoms with van der Waals surface area (Å²) in [5.74, 6) is 1.86. The smallest absolute Gasteiger partial charge is 0.264 e. The highest BCUT2D eigenvalue weighted by Crippen LogP contribution is 2.21. The molecule has 2 fully saturated rings. The first-order valence-electron chi connectivity index (χ1n) is 9.38. The molecule has 0 unspecified atom stereocenters. The highest BCUT2D eigenvalue weighted by molar-refractivity contribution is 7.12. The van der Waals surface area contributed by atoms with Crippen molar-refractivity contribution in [1.82, 2.24) is 14.9 Å². The van der Waals surface area contributed by atoms with Gasteiger partial charge in [0.1, 0.15) is 5.82 Å². The first-order valence-corrected chi connectivity index (χ1v) is 10.3. The van der Waals surface area contributed by atoms with Crippen LogP contribution in [0.4, 0.5) is 11.8 Å². The van der Waals surface area contributed by atoms with Crippen LogP contribution in [0.3, 0.4) is 0 Å². The number of hydrogen-bond acceptors (Lipinski definition) is 7. The number of amides is 1. The predicted octanol–water partition coefficient (Wildman–Crippen LogP) is 1.95. The fraction of sp³-hybridized carbons (Fsp3) is 0.526. The lowest BCUT2D eigenvalue weighted by Crippen LogP contribution is -2.49. The first kappa shape index (κ1) is 18.2. The number of rotatable bonds is 3. The number of piperazine rings is 1. The van der Waals surface area contributed by atoms with Gasteiger partial charge in [-0.15, -0.1) is 11.3 Å². The van der Waals surface area contributed by atoms with Crippen molar-refractivity contribution < 1.29 is 9.53 Å². The number of hydrogen-bond donors (Lipinski definition) is 0. The van der Waals surface area contributed by atoms with Crippen LogP contribution in [0.15, 0.2) is 17.5 Å². The number of aromatic nitrogens is 2. The van der Waals surface area contributed by atoms with Crippen molar-refractivity contribution in [2.45, 2.75) is 13.8 Å². The first-order chi connectivity index (χ1) is 13.1. The largest absolute Gasteiger partial charge is 0.378 e. The molecule has 0 spiro atoms. The van der Waals surface area contributed by atoms with E-state index in [1.807, 2.05) is 36.3 Å². The lowest BCUT2D eigenvalue weighted by Gasteiger charge is -2.35. The van der Waals surface area contributed by atoms with Crippen molar-refractivity contribution in [2.24, 2.45) is 0 Å². The molecule has 0 saturated carbocycles. The molecule has 2 saturated heterocycles. The van der Waals surface area contributed by atoms with Gasteiger partial charge in [-0.3, -0.25) is 4.79 Å². The molecule has 144 valence electrons. The van der Waals surface area contributed by atoms with E-state index in [2.05, 4.69) is 14.8 Å². The molecule has 2 aromatic heterocycles. The molecule has 2 aliphatic rings. The molecule has 0 radical (unpaired) electrons. The Balaban J connectivity index is 1.43. The Labute approximate surface area is 163 Å². The second kappa shape index (κ2) is 7.82. The molecular weight excluding hydrogens is 362 g/mol. The molecule has 7 nitrogen and oxygen atoms in total. The Morgan fingerprint density at radius 2 is 1.74 bits per heavy atom. The Bertz CT molecular complexity index is 810. The number of anilines is 2. The van der Waals surface area contributed by atoms with Gasteiger partial charge >= 0.3 is 0 Å². The quantitative estimate of drug-likeness (QED) is 0.802. The zero-order chi connectivity index (χ0) is 18.8. The number of nitrogens with zero attached hydrogens (tertiary/aromatic N) is 5. The van der Waals surface area contributed by atoms with Gasteiger partial charge in [0.15, 0.2) is 0 Å². The van der Waals surface area contributed by atoms with Crippen LogP contribution in [-0.2, 0) is 4.74 Å². The maximum Gasteiger partial charge on any atom is 0.264 e. The van der Waals surface area contributed by atoms with Crippen LogP contribution >= 0.6 is 11.3 Å². The zero-order valence-corrected chi connectivity index (χ0v) is 16.7. The van der Waals surface area contributed by atoms with Gasteiger partial charge in [-0.25, -0.2) is 4.98 Å². The van der Waals surface area contributed by atoms with Crippen molar-refractivity contribution in [1.29, 1.82) is 0 Å². The maximum absolute atomic E-state index is 12.6. The molecule has 1 amide bonds. The van der Waals surface area contributed by atoms with Crippen molar-refractivity contribution in [2.75, 3.05) is 62.3 Å². The van der Waals surface area contributed by atoms with Gasteiger partial charge < -0.3 is 19.4 Å². The second-order valence-corrected chi connectivity index (χ2v) is 7.95. The molecule has 27 heavy (non-hydrogen) atoms. The molecule has 2 aliphatic heterocycles. The van der Waals surface area contributed by atoms with Gasteiger partial charge in [-0.2, -0.15) is 4.98 Å². The Morgan fingerprint density at radius 3 is 2.41 bits per heavy atom. The molecule has 2 aromatic rings. The second-order valence-electron chi connectivity index (χ2n) is 7.03. The van der Waals surface area contributed by atoms with Crippen LogP contribution in [0, 0.1) is 13.8 Å². The summed E-state index contributed by atoms with van der Waals surface area (Å²) in [4.78, 5) is 29.3. The Hall–Kier alpha value is -2.19. The van der Waals surface area contributed by atoms with Crippen molar-refractivity contribution in [3.8, 4) is 0 Å². The number of thiophene rings is 1.